The Labute approximate surface area is 209 Å². The maximum Gasteiger partial charge on any atom is 0.416 e. The SMILES string of the molecule is O=C1OC[C@@H](Cc2ccccc2)N1C(=O)[C@H]1CN(Cc2ccccc2)C[C@@H]1c1ccc(Cl)c(F)c1. The molecule has 0 unspecified atom stereocenters. The van der Waals surface area contributed by atoms with Crippen molar-refractivity contribution < 1.29 is 18.7 Å². The van der Waals surface area contributed by atoms with Gasteiger partial charge in [0.05, 0.1) is 17.0 Å². The third-order valence-corrected chi connectivity index (χ3v) is 7.15. The molecule has 2 amide bonds. The molecule has 0 aromatic heterocycles. The second-order valence-corrected chi connectivity index (χ2v) is 9.60. The molecule has 2 aliphatic rings. The standard InChI is InChI=1S/C28H26ClFN2O3/c29-25-12-11-21(14-26(25)30)23-16-31(15-20-9-5-2-6-10-20)17-24(23)27(33)32-22(18-35-28(32)34)13-19-7-3-1-4-8-19/h1-12,14,22-24H,13,15-18H2/t22-,23-,24+/m1/s1. The Bertz CT molecular complexity index is 1210. The van der Waals surface area contributed by atoms with Crippen molar-refractivity contribution >= 4 is 23.6 Å². The Morgan fingerprint density at radius 2 is 1.66 bits per heavy atom. The van der Waals surface area contributed by atoms with Crippen molar-refractivity contribution in [2.45, 2.75) is 24.9 Å². The fourth-order valence-corrected chi connectivity index (χ4v) is 5.25. The third kappa shape index (κ3) is 5.09. The lowest BCUT2D eigenvalue weighted by molar-refractivity contribution is -0.133. The first kappa shape index (κ1) is 23.5. The van der Waals surface area contributed by atoms with Gasteiger partial charge in [-0.05, 0) is 35.2 Å². The number of carbonyl (C=O) groups excluding carboxylic acids is 2. The third-order valence-electron chi connectivity index (χ3n) is 6.85. The van der Waals surface area contributed by atoms with Crippen LogP contribution in [0.1, 0.15) is 22.6 Å². The van der Waals surface area contributed by atoms with Crippen LogP contribution >= 0.6 is 11.6 Å². The van der Waals surface area contributed by atoms with Crippen LogP contribution in [0.5, 0.6) is 0 Å². The van der Waals surface area contributed by atoms with Crippen LogP contribution in [0.25, 0.3) is 0 Å². The van der Waals surface area contributed by atoms with Crippen molar-refractivity contribution in [1.82, 2.24) is 9.80 Å². The lowest BCUT2D eigenvalue weighted by atomic mass is 9.87. The molecule has 5 rings (SSSR count). The van der Waals surface area contributed by atoms with Gasteiger partial charge >= 0.3 is 6.09 Å². The molecule has 0 radical (unpaired) electrons. The highest BCUT2D eigenvalue weighted by Gasteiger charge is 2.46. The smallest absolute Gasteiger partial charge is 0.416 e. The first-order chi connectivity index (χ1) is 17.0. The van der Waals surface area contributed by atoms with Crippen LogP contribution in [0.4, 0.5) is 9.18 Å². The van der Waals surface area contributed by atoms with E-state index in [9.17, 15) is 14.0 Å². The fourth-order valence-electron chi connectivity index (χ4n) is 5.13. The summed E-state index contributed by atoms with van der Waals surface area (Å²) in [6.07, 6.45) is -0.0857. The summed E-state index contributed by atoms with van der Waals surface area (Å²) < 4.78 is 19.7. The van der Waals surface area contributed by atoms with E-state index < -0.39 is 17.8 Å². The van der Waals surface area contributed by atoms with Gasteiger partial charge in [-0.25, -0.2) is 14.1 Å². The lowest BCUT2D eigenvalue weighted by Crippen LogP contribution is -2.45. The van der Waals surface area contributed by atoms with Crippen molar-refractivity contribution in [3.63, 3.8) is 0 Å². The van der Waals surface area contributed by atoms with E-state index in [1.54, 1.807) is 6.07 Å². The largest absolute Gasteiger partial charge is 0.447 e. The summed E-state index contributed by atoms with van der Waals surface area (Å²) in [7, 11) is 0. The van der Waals surface area contributed by atoms with Crippen LogP contribution in [0, 0.1) is 11.7 Å². The first-order valence-electron chi connectivity index (χ1n) is 11.7. The van der Waals surface area contributed by atoms with E-state index >= 15 is 0 Å². The number of likely N-dealkylation sites (tertiary alicyclic amines) is 1. The molecule has 0 N–H and O–H groups in total. The molecule has 180 valence electrons. The number of hydrogen-bond donors (Lipinski definition) is 0. The molecule has 2 heterocycles. The number of carbonyl (C=O) groups is 2. The minimum Gasteiger partial charge on any atom is -0.447 e. The first-order valence-corrected chi connectivity index (χ1v) is 12.1. The normalized spacial score (nSPS) is 22.4. The Morgan fingerprint density at radius 1 is 0.971 bits per heavy atom. The van der Waals surface area contributed by atoms with E-state index in [2.05, 4.69) is 4.90 Å². The van der Waals surface area contributed by atoms with Crippen molar-refractivity contribution in [1.29, 1.82) is 0 Å². The Hall–Kier alpha value is -3.22. The van der Waals surface area contributed by atoms with Gasteiger partial charge in [0.25, 0.3) is 0 Å². The molecule has 3 aromatic rings. The number of benzene rings is 3. The molecule has 0 bridgehead atoms. The molecular weight excluding hydrogens is 467 g/mol. The molecule has 3 aromatic carbocycles. The second-order valence-electron chi connectivity index (χ2n) is 9.19. The molecule has 2 saturated heterocycles. The van der Waals surface area contributed by atoms with Crippen molar-refractivity contribution in [3.8, 4) is 0 Å². The summed E-state index contributed by atoms with van der Waals surface area (Å²) in [6.45, 7) is 1.86. The maximum atomic E-state index is 14.4. The maximum absolute atomic E-state index is 14.4. The Kier molecular flexibility index (Phi) is 6.84. The predicted molar refractivity (Wildman–Crippen MR) is 131 cm³/mol. The summed E-state index contributed by atoms with van der Waals surface area (Å²) in [5, 5.41) is 0.0433. The number of amides is 2. The molecule has 35 heavy (non-hydrogen) atoms. The molecule has 7 heteroatoms. The summed E-state index contributed by atoms with van der Waals surface area (Å²) in [5.74, 6) is -1.57. The number of ether oxygens (including phenoxy) is 1. The van der Waals surface area contributed by atoms with E-state index in [1.807, 2.05) is 60.7 Å². The molecule has 3 atom stereocenters. The van der Waals surface area contributed by atoms with Gasteiger partial charge in [0.15, 0.2) is 0 Å². The number of imide groups is 1. The Balaban J connectivity index is 1.42. The van der Waals surface area contributed by atoms with Crippen LogP contribution < -0.4 is 0 Å². The van der Waals surface area contributed by atoms with Gasteiger partial charge in [-0.1, -0.05) is 78.3 Å². The minimum absolute atomic E-state index is 0.0433. The summed E-state index contributed by atoms with van der Waals surface area (Å²) in [6, 6.07) is 24.1. The zero-order valence-corrected chi connectivity index (χ0v) is 19.9. The van der Waals surface area contributed by atoms with E-state index in [0.717, 1.165) is 11.1 Å². The number of rotatable bonds is 6. The quantitative estimate of drug-likeness (QED) is 0.469. The van der Waals surface area contributed by atoms with Gasteiger partial charge in [0.2, 0.25) is 5.91 Å². The average Bonchev–Trinajstić information content (AvgIpc) is 3.45. The Morgan fingerprint density at radius 3 is 2.34 bits per heavy atom. The minimum atomic E-state index is -0.613. The fraction of sp³-hybridized carbons (Fsp3) is 0.286. The van der Waals surface area contributed by atoms with E-state index in [0.29, 0.717) is 31.6 Å². The predicted octanol–water partition coefficient (Wildman–Crippen LogP) is 5.28. The number of halogens is 2. The van der Waals surface area contributed by atoms with Crippen molar-refractivity contribution in [2.24, 2.45) is 5.92 Å². The van der Waals surface area contributed by atoms with Crippen LogP contribution in [-0.4, -0.2) is 47.5 Å². The van der Waals surface area contributed by atoms with Crippen LogP contribution in [0.15, 0.2) is 78.9 Å². The van der Waals surface area contributed by atoms with Gasteiger partial charge in [-0.2, -0.15) is 0 Å². The van der Waals surface area contributed by atoms with E-state index in [4.69, 9.17) is 16.3 Å². The average molecular weight is 493 g/mol. The highest BCUT2D eigenvalue weighted by atomic mass is 35.5. The molecular formula is C28H26ClFN2O3. The van der Waals surface area contributed by atoms with Crippen LogP contribution in [0.3, 0.4) is 0 Å². The summed E-state index contributed by atoms with van der Waals surface area (Å²) >= 11 is 5.92. The molecule has 0 spiro atoms. The molecule has 0 saturated carbocycles. The van der Waals surface area contributed by atoms with Crippen molar-refractivity contribution in [3.05, 3.63) is 106 Å². The molecule has 2 aliphatic heterocycles. The molecule has 0 aliphatic carbocycles. The molecule has 2 fully saturated rings. The van der Waals surface area contributed by atoms with Crippen LogP contribution in [0.2, 0.25) is 5.02 Å². The number of hydrogen-bond acceptors (Lipinski definition) is 4. The highest BCUT2D eigenvalue weighted by Crippen LogP contribution is 2.37. The monoisotopic (exact) mass is 492 g/mol. The van der Waals surface area contributed by atoms with Gasteiger partial charge in [0.1, 0.15) is 12.4 Å². The highest BCUT2D eigenvalue weighted by molar-refractivity contribution is 6.30. The van der Waals surface area contributed by atoms with Crippen LogP contribution in [-0.2, 0) is 22.5 Å². The van der Waals surface area contributed by atoms with E-state index in [1.165, 1.54) is 17.0 Å². The lowest BCUT2D eigenvalue weighted by Gasteiger charge is -2.26. The molecule has 5 nitrogen and oxygen atoms in total. The topological polar surface area (TPSA) is 49.9 Å². The zero-order valence-electron chi connectivity index (χ0n) is 19.1. The van der Waals surface area contributed by atoms with Gasteiger partial charge in [0, 0.05) is 25.6 Å². The van der Waals surface area contributed by atoms with Gasteiger partial charge in [-0.15, -0.1) is 0 Å². The summed E-state index contributed by atoms with van der Waals surface area (Å²) in [4.78, 5) is 30.0. The second kappa shape index (κ2) is 10.2. The summed E-state index contributed by atoms with van der Waals surface area (Å²) in [5.41, 5.74) is 2.86. The van der Waals surface area contributed by atoms with E-state index in [-0.39, 0.29) is 29.5 Å². The van der Waals surface area contributed by atoms with Gasteiger partial charge in [-0.3, -0.25) is 9.69 Å². The van der Waals surface area contributed by atoms with Gasteiger partial charge < -0.3 is 4.74 Å². The van der Waals surface area contributed by atoms with Crippen molar-refractivity contribution in [2.75, 3.05) is 19.7 Å². The number of cyclic esters (lactones) is 1. The number of nitrogens with zero attached hydrogens (tertiary/aromatic N) is 2. The zero-order chi connectivity index (χ0) is 24.4.